The highest BCUT2D eigenvalue weighted by Gasteiger charge is 2.08. The third-order valence-corrected chi connectivity index (χ3v) is 1.95. The van der Waals surface area contributed by atoms with Gasteiger partial charge in [0.15, 0.2) is 0 Å². The van der Waals surface area contributed by atoms with Crippen molar-refractivity contribution in [1.82, 2.24) is 10.1 Å². The zero-order valence-electron chi connectivity index (χ0n) is 7.59. The predicted octanol–water partition coefficient (Wildman–Crippen LogP) is 1.87. The molecule has 2 aromatic heterocycles. The van der Waals surface area contributed by atoms with E-state index in [0.29, 0.717) is 5.88 Å². The lowest BCUT2D eigenvalue weighted by atomic mass is 10.2. The Kier molecular flexibility index (Phi) is 1.62. The Morgan fingerprint density at radius 2 is 2.15 bits per heavy atom. The number of nitrogen functional groups attached to an aromatic ring is 1. The van der Waals surface area contributed by atoms with Crippen LogP contribution in [0.2, 0.25) is 0 Å². The SMILES string of the molecule is Cc1cc(-c2cc(N)on2)c(C)[nH]1. The van der Waals surface area contributed by atoms with Gasteiger partial charge in [-0.1, -0.05) is 5.16 Å². The molecule has 0 amide bonds. The quantitative estimate of drug-likeness (QED) is 0.698. The molecule has 0 aromatic carbocycles. The van der Waals surface area contributed by atoms with E-state index in [2.05, 4.69) is 10.1 Å². The van der Waals surface area contributed by atoms with E-state index >= 15 is 0 Å². The van der Waals surface area contributed by atoms with Gasteiger partial charge in [0.05, 0.1) is 0 Å². The van der Waals surface area contributed by atoms with Crippen LogP contribution in [0.3, 0.4) is 0 Å². The monoisotopic (exact) mass is 177 g/mol. The molecule has 2 heterocycles. The first kappa shape index (κ1) is 7.91. The number of aromatic amines is 1. The molecule has 0 aliphatic carbocycles. The molecule has 2 rings (SSSR count). The number of nitrogens with two attached hydrogens (primary N) is 1. The van der Waals surface area contributed by atoms with Crippen molar-refractivity contribution in [2.75, 3.05) is 5.73 Å². The second-order valence-electron chi connectivity index (χ2n) is 3.11. The summed E-state index contributed by atoms with van der Waals surface area (Å²) < 4.78 is 4.80. The van der Waals surface area contributed by atoms with Gasteiger partial charge >= 0.3 is 0 Å². The Morgan fingerprint density at radius 1 is 1.38 bits per heavy atom. The van der Waals surface area contributed by atoms with Crippen LogP contribution in [0.25, 0.3) is 11.3 Å². The zero-order chi connectivity index (χ0) is 9.42. The molecule has 0 bridgehead atoms. The molecule has 2 aromatic rings. The van der Waals surface area contributed by atoms with Gasteiger partial charge < -0.3 is 15.2 Å². The van der Waals surface area contributed by atoms with Crippen molar-refractivity contribution in [2.24, 2.45) is 0 Å². The minimum absolute atomic E-state index is 0.341. The number of anilines is 1. The second kappa shape index (κ2) is 2.65. The lowest BCUT2D eigenvalue weighted by Crippen LogP contribution is -1.78. The molecule has 0 saturated heterocycles. The van der Waals surface area contributed by atoms with E-state index in [1.807, 2.05) is 19.9 Å². The molecule has 0 aliphatic rings. The van der Waals surface area contributed by atoms with Gasteiger partial charge in [0.25, 0.3) is 0 Å². The van der Waals surface area contributed by atoms with E-state index in [4.69, 9.17) is 10.3 Å². The standard InChI is InChI=1S/C9H11N3O/c1-5-3-7(6(2)11-5)8-4-9(10)13-12-8/h3-4,11H,10H2,1-2H3. The van der Waals surface area contributed by atoms with Crippen molar-refractivity contribution in [2.45, 2.75) is 13.8 Å². The summed E-state index contributed by atoms with van der Waals surface area (Å²) in [5.74, 6) is 0.341. The van der Waals surface area contributed by atoms with Gasteiger partial charge in [0.1, 0.15) is 5.69 Å². The molecular formula is C9H11N3O. The van der Waals surface area contributed by atoms with Crippen molar-refractivity contribution in [3.8, 4) is 11.3 Å². The molecule has 68 valence electrons. The fourth-order valence-corrected chi connectivity index (χ4v) is 1.41. The maximum atomic E-state index is 5.43. The molecule has 0 aliphatic heterocycles. The molecule has 0 fully saturated rings. The maximum Gasteiger partial charge on any atom is 0.222 e. The summed E-state index contributed by atoms with van der Waals surface area (Å²) in [5.41, 5.74) is 9.43. The highest BCUT2D eigenvalue weighted by Crippen LogP contribution is 2.24. The number of rotatable bonds is 1. The van der Waals surface area contributed by atoms with Gasteiger partial charge in [-0.2, -0.15) is 0 Å². The summed E-state index contributed by atoms with van der Waals surface area (Å²) in [4.78, 5) is 3.19. The number of H-pyrrole nitrogens is 1. The van der Waals surface area contributed by atoms with Gasteiger partial charge in [-0.15, -0.1) is 0 Å². The Morgan fingerprint density at radius 3 is 2.62 bits per heavy atom. The average Bonchev–Trinajstić information content (AvgIpc) is 2.58. The topological polar surface area (TPSA) is 67.8 Å². The highest BCUT2D eigenvalue weighted by molar-refractivity contribution is 5.64. The summed E-state index contributed by atoms with van der Waals surface area (Å²) in [5, 5.41) is 3.84. The zero-order valence-corrected chi connectivity index (χ0v) is 7.59. The predicted molar refractivity (Wildman–Crippen MR) is 50.2 cm³/mol. The van der Waals surface area contributed by atoms with E-state index < -0.39 is 0 Å². The van der Waals surface area contributed by atoms with Gasteiger partial charge in [-0.05, 0) is 19.9 Å². The third-order valence-electron chi connectivity index (χ3n) is 1.95. The summed E-state index contributed by atoms with van der Waals surface area (Å²) >= 11 is 0. The van der Waals surface area contributed by atoms with Crippen molar-refractivity contribution < 1.29 is 4.52 Å². The number of nitrogens with zero attached hydrogens (tertiary/aromatic N) is 1. The normalized spacial score (nSPS) is 10.6. The van der Waals surface area contributed by atoms with Gasteiger partial charge in [-0.25, -0.2) is 0 Å². The number of hydrogen-bond acceptors (Lipinski definition) is 3. The summed E-state index contributed by atoms with van der Waals surface area (Å²) in [6.07, 6.45) is 0. The highest BCUT2D eigenvalue weighted by atomic mass is 16.5. The van der Waals surface area contributed by atoms with E-state index in [9.17, 15) is 0 Å². The molecule has 0 saturated carbocycles. The molecule has 0 spiro atoms. The average molecular weight is 177 g/mol. The van der Waals surface area contributed by atoms with Crippen LogP contribution in [0.1, 0.15) is 11.4 Å². The first-order valence-corrected chi connectivity index (χ1v) is 4.05. The van der Waals surface area contributed by atoms with E-state index in [1.165, 1.54) is 0 Å². The largest absolute Gasteiger partial charge is 0.368 e. The molecule has 0 atom stereocenters. The van der Waals surface area contributed by atoms with Crippen LogP contribution in [0, 0.1) is 13.8 Å². The Labute approximate surface area is 75.7 Å². The number of aryl methyl sites for hydroxylation is 2. The molecule has 4 heteroatoms. The van der Waals surface area contributed by atoms with Crippen LogP contribution in [-0.4, -0.2) is 10.1 Å². The minimum atomic E-state index is 0.341. The maximum absolute atomic E-state index is 5.43. The van der Waals surface area contributed by atoms with Crippen LogP contribution in [0.15, 0.2) is 16.7 Å². The van der Waals surface area contributed by atoms with Crippen LogP contribution in [0.4, 0.5) is 5.88 Å². The van der Waals surface area contributed by atoms with Gasteiger partial charge in [-0.3, -0.25) is 0 Å². The fraction of sp³-hybridized carbons (Fsp3) is 0.222. The fourth-order valence-electron chi connectivity index (χ4n) is 1.41. The second-order valence-corrected chi connectivity index (χ2v) is 3.11. The van der Waals surface area contributed by atoms with E-state index in [-0.39, 0.29) is 0 Å². The number of aromatic nitrogens is 2. The Hall–Kier alpha value is -1.71. The summed E-state index contributed by atoms with van der Waals surface area (Å²) in [7, 11) is 0. The molecule has 3 N–H and O–H groups in total. The number of hydrogen-bond donors (Lipinski definition) is 2. The Bertz CT molecular complexity index is 428. The first-order valence-electron chi connectivity index (χ1n) is 4.05. The smallest absolute Gasteiger partial charge is 0.222 e. The van der Waals surface area contributed by atoms with Crippen molar-refractivity contribution in [3.63, 3.8) is 0 Å². The number of nitrogens with one attached hydrogen (secondary N) is 1. The molecule has 13 heavy (non-hydrogen) atoms. The summed E-state index contributed by atoms with van der Waals surface area (Å²) in [6.45, 7) is 3.99. The van der Waals surface area contributed by atoms with Crippen molar-refractivity contribution in [3.05, 3.63) is 23.5 Å². The molecule has 0 unspecified atom stereocenters. The van der Waals surface area contributed by atoms with Gasteiger partial charge in [0.2, 0.25) is 5.88 Å². The molecule has 0 radical (unpaired) electrons. The van der Waals surface area contributed by atoms with Crippen molar-refractivity contribution in [1.29, 1.82) is 0 Å². The van der Waals surface area contributed by atoms with Gasteiger partial charge in [0, 0.05) is 23.0 Å². The van der Waals surface area contributed by atoms with E-state index in [0.717, 1.165) is 22.6 Å². The summed E-state index contributed by atoms with van der Waals surface area (Å²) in [6, 6.07) is 3.74. The van der Waals surface area contributed by atoms with Crippen LogP contribution in [0.5, 0.6) is 0 Å². The first-order chi connectivity index (χ1) is 6.16. The van der Waals surface area contributed by atoms with E-state index in [1.54, 1.807) is 6.07 Å². The Balaban J connectivity index is 2.51. The molecular weight excluding hydrogens is 166 g/mol. The minimum Gasteiger partial charge on any atom is -0.368 e. The molecule has 4 nitrogen and oxygen atoms in total. The van der Waals surface area contributed by atoms with Crippen molar-refractivity contribution >= 4 is 5.88 Å². The lowest BCUT2D eigenvalue weighted by Gasteiger charge is -1.89. The van der Waals surface area contributed by atoms with Crippen LogP contribution < -0.4 is 5.73 Å². The van der Waals surface area contributed by atoms with Crippen LogP contribution >= 0.6 is 0 Å². The van der Waals surface area contributed by atoms with Crippen LogP contribution in [-0.2, 0) is 0 Å². The lowest BCUT2D eigenvalue weighted by molar-refractivity contribution is 0.439. The third kappa shape index (κ3) is 1.30.